The number of hydrogen-bond acceptors (Lipinski definition) is 3. The van der Waals surface area contributed by atoms with E-state index in [1.807, 2.05) is 0 Å². The SMILES string of the molecule is CS(=O)(=O)N1CCC[C@@H](NC(=O)Nc2ccc(F)c(F)c2)C1. The Kier molecular flexibility index (Phi) is 4.97. The molecule has 9 heteroatoms. The number of sulfonamides is 1. The first-order valence-corrected chi connectivity index (χ1v) is 8.58. The molecule has 6 nitrogen and oxygen atoms in total. The van der Waals surface area contributed by atoms with Gasteiger partial charge in [-0.05, 0) is 25.0 Å². The van der Waals surface area contributed by atoms with Gasteiger partial charge in [0, 0.05) is 30.9 Å². The highest BCUT2D eigenvalue weighted by molar-refractivity contribution is 7.88. The van der Waals surface area contributed by atoms with E-state index in [0.29, 0.717) is 19.4 Å². The summed E-state index contributed by atoms with van der Waals surface area (Å²) in [4.78, 5) is 11.8. The molecule has 0 radical (unpaired) electrons. The van der Waals surface area contributed by atoms with Gasteiger partial charge < -0.3 is 10.6 Å². The minimum Gasteiger partial charge on any atom is -0.334 e. The third kappa shape index (κ3) is 4.38. The third-order valence-electron chi connectivity index (χ3n) is 3.37. The summed E-state index contributed by atoms with van der Waals surface area (Å²) in [5.74, 6) is -2.05. The first-order chi connectivity index (χ1) is 10.3. The van der Waals surface area contributed by atoms with E-state index in [4.69, 9.17) is 0 Å². The highest BCUT2D eigenvalue weighted by Gasteiger charge is 2.26. The standard InChI is InChI=1S/C13H17F2N3O3S/c1-22(20,21)18-6-2-3-10(8-18)17-13(19)16-9-4-5-11(14)12(15)7-9/h4-5,7,10H,2-3,6,8H2,1H3,(H2,16,17,19)/t10-/m1/s1. The lowest BCUT2D eigenvalue weighted by Crippen LogP contribution is -2.50. The maximum absolute atomic E-state index is 13.1. The predicted octanol–water partition coefficient (Wildman–Crippen LogP) is 1.51. The van der Waals surface area contributed by atoms with Crippen LogP contribution in [0.2, 0.25) is 0 Å². The van der Waals surface area contributed by atoms with E-state index in [1.165, 1.54) is 10.4 Å². The Labute approximate surface area is 127 Å². The Balaban J connectivity index is 1.92. The fraction of sp³-hybridized carbons (Fsp3) is 0.462. The van der Waals surface area contributed by atoms with Gasteiger partial charge in [0.2, 0.25) is 10.0 Å². The highest BCUT2D eigenvalue weighted by Crippen LogP contribution is 2.15. The van der Waals surface area contributed by atoms with Crippen molar-refractivity contribution in [3.63, 3.8) is 0 Å². The molecule has 0 aliphatic carbocycles. The van der Waals surface area contributed by atoms with Gasteiger partial charge in [-0.3, -0.25) is 0 Å². The Morgan fingerprint density at radius 2 is 2.05 bits per heavy atom. The number of nitrogens with zero attached hydrogens (tertiary/aromatic N) is 1. The Morgan fingerprint density at radius 3 is 2.68 bits per heavy atom. The molecule has 1 aliphatic heterocycles. The van der Waals surface area contributed by atoms with Crippen molar-refractivity contribution in [2.75, 3.05) is 24.7 Å². The normalized spacial score (nSPS) is 19.7. The number of anilines is 1. The van der Waals surface area contributed by atoms with Gasteiger partial charge in [0.25, 0.3) is 0 Å². The molecule has 122 valence electrons. The van der Waals surface area contributed by atoms with Crippen molar-refractivity contribution in [2.24, 2.45) is 0 Å². The van der Waals surface area contributed by atoms with Crippen molar-refractivity contribution in [2.45, 2.75) is 18.9 Å². The summed E-state index contributed by atoms with van der Waals surface area (Å²) in [5, 5.41) is 5.02. The van der Waals surface area contributed by atoms with Crippen LogP contribution in [0.3, 0.4) is 0 Å². The molecule has 1 aromatic rings. The van der Waals surface area contributed by atoms with Gasteiger partial charge in [0.15, 0.2) is 11.6 Å². The Bertz CT molecular complexity index is 666. The number of carbonyl (C=O) groups is 1. The van der Waals surface area contributed by atoms with Crippen LogP contribution in [0, 0.1) is 11.6 Å². The number of amides is 2. The third-order valence-corrected chi connectivity index (χ3v) is 4.64. The predicted molar refractivity (Wildman–Crippen MR) is 78.0 cm³/mol. The Hall–Kier alpha value is -1.74. The summed E-state index contributed by atoms with van der Waals surface area (Å²) >= 11 is 0. The van der Waals surface area contributed by atoms with Gasteiger partial charge in [0.1, 0.15) is 0 Å². The maximum Gasteiger partial charge on any atom is 0.319 e. The second kappa shape index (κ2) is 6.57. The van der Waals surface area contributed by atoms with Crippen LogP contribution in [0.15, 0.2) is 18.2 Å². The molecule has 2 rings (SSSR count). The second-order valence-electron chi connectivity index (χ2n) is 5.19. The lowest BCUT2D eigenvalue weighted by atomic mass is 10.1. The molecule has 1 aliphatic rings. The molecule has 1 heterocycles. The number of urea groups is 1. The van der Waals surface area contributed by atoms with Gasteiger partial charge >= 0.3 is 6.03 Å². The van der Waals surface area contributed by atoms with Crippen molar-refractivity contribution in [3.05, 3.63) is 29.8 Å². The zero-order chi connectivity index (χ0) is 16.3. The molecule has 22 heavy (non-hydrogen) atoms. The molecular weight excluding hydrogens is 316 g/mol. The zero-order valence-electron chi connectivity index (χ0n) is 12.0. The van der Waals surface area contributed by atoms with Gasteiger partial charge in [-0.2, -0.15) is 0 Å². The summed E-state index contributed by atoms with van der Waals surface area (Å²) in [6, 6.07) is 2.11. The molecule has 1 aromatic carbocycles. The van der Waals surface area contributed by atoms with Crippen molar-refractivity contribution >= 4 is 21.7 Å². The minimum atomic E-state index is -3.29. The van der Waals surface area contributed by atoms with Crippen LogP contribution >= 0.6 is 0 Å². The van der Waals surface area contributed by atoms with Gasteiger partial charge in [-0.1, -0.05) is 0 Å². The van der Waals surface area contributed by atoms with Gasteiger partial charge in [-0.15, -0.1) is 0 Å². The van der Waals surface area contributed by atoms with E-state index in [9.17, 15) is 22.0 Å². The average Bonchev–Trinajstić information content (AvgIpc) is 2.42. The molecule has 2 amide bonds. The number of piperidine rings is 1. The van der Waals surface area contributed by atoms with E-state index in [-0.39, 0.29) is 18.3 Å². The van der Waals surface area contributed by atoms with Crippen molar-refractivity contribution in [1.29, 1.82) is 0 Å². The fourth-order valence-corrected chi connectivity index (χ4v) is 3.20. The highest BCUT2D eigenvalue weighted by atomic mass is 32.2. The molecule has 0 spiro atoms. The smallest absolute Gasteiger partial charge is 0.319 e. The van der Waals surface area contributed by atoms with E-state index in [2.05, 4.69) is 10.6 Å². The molecule has 1 fully saturated rings. The topological polar surface area (TPSA) is 78.5 Å². The minimum absolute atomic E-state index is 0.118. The van der Waals surface area contributed by atoms with Crippen LogP contribution in [0.1, 0.15) is 12.8 Å². The zero-order valence-corrected chi connectivity index (χ0v) is 12.8. The van der Waals surface area contributed by atoms with Crippen LogP contribution in [0.25, 0.3) is 0 Å². The van der Waals surface area contributed by atoms with E-state index in [1.54, 1.807) is 0 Å². The second-order valence-corrected chi connectivity index (χ2v) is 7.17. The molecule has 0 saturated carbocycles. The largest absolute Gasteiger partial charge is 0.334 e. The van der Waals surface area contributed by atoms with Crippen LogP contribution in [0.4, 0.5) is 19.3 Å². The summed E-state index contributed by atoms with van der Waals surface area (Å²) in [6.45, 7) is 0.631. The van der Waals surface area contributed by atoms with Crippen molar-refractivity contribution in [1.82, 2.24) is 9.62 Å². The molecule has 0 unspecified atom stereocenters. The molecule has 1 saturated heterocycles. The molecule has 0 aromatic heterocycles. The van der Waals surface area contributed by atoms with E-state index >= 15 is 0 Å². The fourth-order valence-electron chi connectivity index (χ4n) is 2.29. The van der Waals surface area contributed by atoms with Gasteiger partial charge in [-0.25, -0.2) is 26.3 Å². The molecule has 1 atom stereocenters. The number of nitrogens with one attached hydrogen (secondary N) is 2. The lowest BCUT2D eigenvalue weighted by Gasteiger charge is -2.31. The number of rotatable bonds is 3. The molecule has 2 N–H and O–H groups in total. The Morgan fingerprint density at radius 1 is 1.32 bits per heavy atom. The summed E-state index contributed by atoms with van der Waals surface area (Å²) in [7, 11) is -3.29. The van der Waals surface area contributed by atoms with Crippen LogP contribution in [-0.4, -0.2) is 44.1 Å². The van der Waals surface area contributed by atoms with Crippen molar-refractivity contribution in [3.8, 4) is 0 Å². The number of benzene rings is 1. The first-order valence-electron chi connectivity index (χ1n) is 6.73. The van der Waals surface area contributed by atoms with E-state index in [0.717, 1.165) is 18.4 Å². The summed E-state index contributed by atoms with van der Waals surface area (Å²) in [6.07, 6.45) is 2.41. The maximum atomic E-state index is 13.1. The number of hydrogen-bond donors (Lipinski definition) is 2. The quantitative estimate of drug-likeness (QED) is 0.880. The van der Waals surface area contributed by atoms with Gasteiger partial charge in [0.05, 0.1) is 6.26 Å². The average molecular weight is 333 g/mol. The lowest BCUT2D eigenvalue weighted by molar-refractivity contribution is 0.236. The monoisotopic (exact) mass is 333 g/mol. The van der Waals surface area contributed by atoms with Crippen LogP contribution < -0.4 is 10.6 Å². The van der Waals surface area contributed by atoms with Crippen LogP contribution in [-0.2, 0) is 10.0 Å². The summed E-state index contributed by atoms with van der Waals surface area (Å²) in [5.41, 5.74) is 0.118. The number of carbonyl (C=O) groups excluding carboxylic acids is 1. The van der Waals surface area contributed by atoms with Crippen LogP contribution in [0.5, 0.6) is 0 Å². The first kappa shape index (κ1) is 16.6. The van der Waals surface area contributed by atoms with E-state index < -0.39 is 27.7 Å². The molecule has 0 bridgehead atoms. The van der Waals surface area contributed by atoms with Crippen molar-refractivity contribution < 1.29 is 22.0 Å². The summed E-state index contributed by atoms with van der Waals surface area (Å²) < 4.78 is 50.1. The molecular formula is C13H17F2N3O3S. The number of halogens is 2.